The van der Waals surface area contributed by atoms with Gasteiger partial charge in [0.05, 0.1) is 5.75 Å². The van der Waals surface area contributed by atoms with Gasteiger partial charge in [-0.15, -0.1) is 33.7 Å². The average molecular weight is 614 g/mol. The molecule has 2 atom stereocenters. The van der Waals surface area contributed by atoms with E-state index >= 15 is 0 Å². The standard InChI is InChI=1S/C31H27N5O3S3/c1-35-19-32-34-28(35)23-17-42-30-25(33-24(37)18-41-22-15-9-4-10-16-22)29(38)36(30)26(23)31(40)39-27(20-11-5-2-6-12-20)21-13-7-3-8-14-21/h2-16,19,25,27,30H,17-18H2,1H3,(H,33,37)/t25-,30-/m1/s1. The monoisotopic (exact) mass is 613 g/mol. The minimum absolute atomic E-state index is 0.189. The zero-order valence-electron chi connectivity index (χ0n) is 22.6. The molecule has 3 aromatic carbocycles. The van der Waals surface area contributed by atoms with Crippen LogP contribution in [0.5, 0.6) is 0 Å². The number of β-lactam (4-membered cyclic amide) rings is 1. The van der Waals surface area contributed by atoms with Crippen molar-refractivity contribution in [1.29, 1.82) is 0 Å². The Hall–Kier alpha value is -3.93. The minimum atomic E-state index is -0.656. The fraction of sp³-hybridized carbons (Fsp3) is 0.194. The Bertz CT molecular complexity index is 1590. The van der Waals surface area contributed by atoms with Crippen LogP contribution >= 0.6 is 35.7 Å². The Morgan fingerprint density at radius 1 is 1.05 bits per heavy atom. The molecule has 4 aromatic rings. The molecule has 0 bridgehead atoms. The number of amides is 2. The largest absolute Gasteiger partial charge is 0.469 e. The van der Waals surface area contributed by atoms with Crippen molar-refractivity contribution < 1.29 is 14.3 Å². The van der Waals surface area contributed by atoms with Crippen LogP contribution in [0.4, 0.5) is 0 Å². The highest BCUT2D eigenvalue weighted by molar-refractivity contribution is 8.00. The molecule has 1 aromatic heterocycles. The Morgan fingerprint density at radius 3 is 2.26 bits per heavy atom. The summed E-state index contributed by atoms with van der Waals surface area (Å²) in [6.45, 7) is 0. The molecule has 0 saturated carbocycles. The maximum absolute atomic E-state index is 13.6. The lowest BCUT2D eigenvalue weighted by molar-refractivity contribution is -0.145. The van der Waals surface area contributed by atoms with Crippen LogP contribution in [-0.4, -0.2) is 59.5 Å². The van der Waals surface area contributed by atoms with Gasteiger partial charge in [-0.05, 0) is 35.5 Å². The first-order valence-electron chi connectivity index (χ1n) is 13.3. The smallest absolute Gasteiger partial charge is 0.253 e. The molecule has 0 radical (unpaired) electrons. The van der Waals surface area contributed by atoms with Crippen molar-refractivity contribution in [2.75, 3.05) is 11.5 Å². The summed E-state index contributed by atoms with van der Waals surface area (Å²) < 4.78 is 8.36. The van der Waals surface area contributed by atoms with Crippen molar-refractivity contribution in [2.24, 2.45) is 7.05 Å². The van der Waals surface area contributed by atoms with Crippen LogP contribution in [0.15, 0.2) is 108 Å². The molecule has 0 spiro atoms. The van der Waals surface area contributed by atoms with Gasteiger partial charge < -0.3 is 14.6 Å². The molecule has 2 amide bonds. The molecule has 42 heavy (non-hydrogen) atoms. The highest BCUT2D eigenvalue weighted by atomic mass is 32.2. The number of ether oxygens (including phenoxy) is 1. The van der Waals surface area contributed by atoms with Gasteiger partial charge in [-0.1, -0.05) is 78.9 Å². The number of thioether (sulfide) groups is 2. The SMILES string of the molecule is Cn1cnnc1C1=C(C(=S)OC(c2ccccc2)c2ccccc2)N2C(=O)[C@@H](NC(=O)CSc3ccccc3)[C@H]2SC1. The van der Waals surface area contributed by atoms with Crippen LogP contribution in [0.1, 0.15) is 23.1 Å². The van der Waals surface area contributed by atoms with Crippen molar-refractivity contribution >= 4 is 58.2 Å². The Labute approximate surface area is 257 Å². The van der Waals surface area contributed by atoms with Crippen LogP contribution in [0, 0.1) is 0 Å². The van der Waals surface area contributed by atoms with Gasteiger partial charge in [0.15, 0.2) is 5.82 Å². The summed E-state index contributed by atoms with van der Waals surface area (Å²) in [7, 11) is 1.85. The molecule has 0 aliphatic carbocycles. The molecule has 8 nitrogen and oxygen atoms in total. The van der Waals surface area contributed by atoms with E-state index in [0.29, 0.717) is 17.3 Å². The van der Waals surface area contributed by atoms with Gasteiger partial charge >= 0.3 is 0 Å². The molecule has 1 N–H and O–H groups in total. The van der Waals surface area contributed by atoms with Crippen LogP contribution < -0.4 is 5.32 Å². The topological polar surface area (TPSA) is 89.3 Å². The van der Waals surface area contributed by atoms with E-state index in [-0.39, 0.29) is 28.0 Å². The summed E-state index contributed by atoms with van der Waals surface area (Å²) in [5, 5.41) is 11.2. The van der Waals surface area contributed by atoms with Crippen LogP contribution in [0.2, 0.25) is 0 Å². The van der Waals surface area contributed by atoms with Crippen LogP contribution in [0.3, 0.4) is 0 Å². The van der Waals surface area contributed by atoms with E-state index in [9.17, 15) is 9.59 Å². The molecule has 6 rings (SSSR count). The van der Waals surface area contributed by atoms with Crippen molar-refractivity contribution in [3.63, 3.8) is 0 Å². The molecule has 2 aliphatic heterocycles. The molecular weight excluding hydrogens is 587 g/mol. The lowest BCUT2D eigenvalue weighted by Gasteiger charge is -2.50. The van der Waals surface area contributed by atoms with Gasteiger partial charge in [0.1, 0.15) is 29.5 Å². The lowest BCUT2D eigenvalue weighted by Crippen LogP contribution is -2.70. The Kier molecular flexibility index (Phi) is 8.41. The number of hydrogen-bond acceptors (Lipinski definition) is 8. The number of nitrogens with zero attached hydrogens (tertiary/aromatic N) is 4. The molecule has 1 saturated heterocycles. The predicted molar refractivity (Wildman–Crippen MR) is 169 cm³/mol. The number of nitrogens with one attached hydrogen (secondary N) is 1. The minimum Gasteiger partial charge on any atom is -0.469 e. The first kappa shape index (κ1) is 28.2. The maximum atomic E-state index is 13.6. The van der Waals surface area contributed by atoms with Gasteiger partial charge in [-0.3, -0.25) is 14.5 Å². The predicted octanol–water partition coefficient (Wildman–Crippen LogP) is 4.85. The number of hydrogen-bond donors (Lipinski definition) is 1. The number of benzene rings is 3. The fourth-order valence-corrected chi connectivity index (χ4v) is 7.35. The van der Waals surface area contributed by atoms with Gasteiger partial charge in [0.2, 0.25) is 11.0 Å². The number of aromatic nitrogens is 3. The number of carbonyl (C=O) groups excluding carboxylic acids is 2. The third-order valence-corrected chi connectivity index (χ3v) is 9.58. The van der Waals surface area contributed by atoms with Crippen molar-refractivity contribution in [3.8, 4) is 0 Å². The summed E-state index contributed by atoms with van der Waals surface area (Å²) in [6.07, 6.45) is 1.13. The lowest BCUT2D eigenvalue weighted by atomic mass is 10.0. The Morgan fingerprint density at radius 2 is 1.67 bits per heavy atom. The van der Waals surface area contributed by atoms with Gasteiger partial charge in [-0.2, -0.15) is 0 Å². The van der Waals surface area contributed by atoms with Gasteiger partial charge in [0.25, 0.3) is 5.91 Å². The van der Waals surface area contributed by atoms with Gasteiger partial charge in [-0.25, -0.2) is 0 Å². The Balaban J connectivity index is 1.27. The van der Waals surface area contributed by atoms with Crippen molar-refractivity contribution in [3.05, 3.63) is 120 Å². The summed E-state index contributed by atoms with van der Waals surface area (Å²) in [6, 6.07) is 28.7. The number of thiocarbonyl (C=S) groups is 1. The molecule has 212 valence electrons. The first-order valence-corrected chi connectivity index (χ1v) is 15.8. The molecule has 0 unspecified atom stereocenters. The highest BCUT2D eigenvalue weighted by Crippen LogP contribution is 2.44. The zero-order valence-corrected chi connectivity index (χ0v) is 25.1. The number of carbonyl (C=O) groups is 2. The molecule has 1 fully saturated rings. The third kappa shape index (κ3) is 5.72. The van der Waals surface area contributed by atoms with Crippen LogP contribution in [0.25, 0.3) is 5.57 Å². The highest BCUT2D eigenvalue weighted by Gasteiger charge is 2.54. The summed E-state index contributed by atoms with van der Waals surface area (Å²) >= 11 is 8.94. The quantitative estimate of drug-likeness (QED) is 0.163. The van der Waals surface area contributed by atoms with Gasteiger partial charge in [0, 0.05) is 23.3 Å². The number of aryl methyl sites for hydroxylation is 1. The van der Waals surface area contributed by atoms with E-state index in [0.717, 1.165) is 21.6 Å². The first-order chi connectivity index (χ1) is 20.5. The van der Waals surface area contributed by atoms with E-state index in [1.807, 2.05) is 98.0 Å². The number of fused-ring (bicyclic) bond motifs is 1. The third-order valence-electron chi connectivity index (χ3n) is 7.00. The van der Waals surface area contributed by atoms with Crippen LogP contribution in [-0.2, 0) is 21.4 Å². The van der Waals surface area contributed by atoms with Crippen molar-refractivity contribution in [1.82, 2.24) is 25.0 Å². The fourth-order valence-electron chi connectivity index (χ4n) is 4.96. The van der Waals surface area contributed by atoms with E-state index in [1.54, 1.807) is 27.6 Å². The maximum Gasteiger partial charge on any atom is 0.253 e. The van der Waals surface area contributed by atoms with E-state index in [4.69, 9.17) is 17.0 Å². The second-order valence-electron chi connectivity index (χ2n) is 9.76. The molecule has 2 aliphatic rings. The summed E-state index contributed by atoms with van der Waals surface area (Å²) in [5.74, 6) is 0.917. The van der Waals surface area contributed by atoms with E-state index < -0.39 is 12.1 Å². The molecular formula is C31H27N5O3S3. The van der Waals surface area contributed by atoms with E-state index in [2.05, 4.69) is 15.5 Å². The summed E-state index contributed by atoms with van der Waals surface area (Å²) in [5.41, 5.74) is 3.13. The summed E-state index contributed by atoms with van der Waals surface area (Å²) in [4.78, 5) is 29.1. The second-order valence-corrected chi connectivity index (χ2v) is 12.3. The normalized spacial score (nSPS) is 18.0. The second kappa shape index (κ2) is 12.5. The van der Waals surface area contributed by atoms with Crippen molar-refractivity contribution in [2.45, 2.75) is 22.4 Å². The molecule has 3 heterocycles. The number of rotatable bonds is 9. The van der Waals surface area contributed by atoms with E-state index in [1.165, 1.54) is 11.8 Å². The molecule has 11 heteroatoms. The average Bonchev–Trinajstić information content (AvgIpc) is 3.47. The zero-order chi connectivity index (χ0) is 29.1.